The van der Waals surface area contributed by atoms with Crippen LogP contribution < -0.4 is 4.74 Å². The molecule has 0 fully saturated rings. The maximum atomic E-state index is 6.12. The maximum Gasteiger partial charge on any atom is 0.123 e. The van der Waals surface area contributed by atoms with Crippen LogP contribution in [0, 0.1) is 3.57 Å². The summed E-state index contributed by atoms with van der Waals surface area (Å²) >= 11 is 12.3. The van der Waals surface area contributed by atoms with Gasteiger partial charge in [-0.2, -0.15) is 0 Å². The fraction of sp³-hybridized carbons (Fsp3) is 0.250. The Bertz CT molecular complexity index is 659. The van der Waals surface area contributed by atoms with Crippen LogP contribution in [0.5, 0.6) is 5.75 Å². The Morgan fingerprint density at radius 2 is 2.10 bits per heavy atom. The van der Waals surface area contributed by atoms with Gasteiger partial charge >= 0.3 is 0 Å². The van der Waals surface area contributed by atoms with Crippen LogP contribution in [0.25, 0.3) is 0 Å². The normalized spacial score (nSPS) is 18.5. The zero-order valence-corrected chi connectivity index (χ0v) is 15.4. The van der Waals surface area contributed by atoms with Gasteiger partial charge in [-0.1, -0.05) is 39.7 Å². The monoisotopic (exact) mass is 462 g/mol. The molecule has 0 radical (unpaired) electrons. The predicted octanol–water partition coefficient (Wildman–Crippen LogP) is 5.75. The van der Waals surface area contributed by atoms with E-state index in [0.717, 1.165) is 17.2 Å². The summed E-state index contributed by atoms with van der Waals surface area (Å²) in [6.07, 6.45) is 1.26. The number of hydrogen-bond acceptors (Lipinski definition) is 1. The van der Waals surface area contributed by atoms with Crippen LogP contribution in [0.4, 0.5) is 0 Å². The lowest BCUT2D eigenvalue weighted by Crippen LogP contribution is -2.05. The molecule has 4 heteroatoms. The minimum Gasteiger partial charge on any atom is -0.490 e. The lowest BCUT2D eigenvalue weighted by molar-refractivity contribution is 0.254. The maximum absolute atomic E-state index is 6.12. The van der Waals surface area contributed by atoms with Gasteiger partial charge in [0, 0.05) is 15.0 Å². The molecule has 0 aromatic heterocycles. The molecule has 1 aliphatic rings. The van der Waals surface area contributed by atoms with Gasteiger partial charge in [-0.25, -0.2) is 0 Å². The lowest BCUT2D eigenvalue weighted by atomic mass is 10.0. The van der Waals surface area contributed by atoms with Crippen LogP contribution >= 0.6 is 50.1 Å². The molecule has 3 rings (SSSR count). The van der Waals surface area contributed by atoms with E-state index in [1.54, 1.807) is 0 Å². The van der Waals surface area contributed by atoms with Crippen LogP contribution in [-0.4, -0.2) is 6.10 Å². The number of hydrogen-bond donors (Lipinski definition) is 0. The molecule has 2 atom stereocenters. The molecular weight excluding hydrogens is 450 g/mol. The number of benzene rings is 2. The Morgan fingerprint density at radius 1 is 1.30 bits per heavy atom. The first-order valence-corrected chi connectivity index (χ1v) is 8.80. The van der Waals surface area contributed by atoms with Crippen molar-refractivity contribution in [1.29, 1.82) is 0 Å². The van der Waals surface area contributed by atoms with Crippen molar-refractivity contribution in [2.45, 2.75) is 24.3 Å². The molecule has 0 bridgehead atoms. The second-order valence-electron chi connectivity index (χ2n) is 5.03. The number of rotatable bonds is 2. The molecule has 104 valence electrons. The SMILES string of the molecule is CC1Cc2cc(C(Br)c3cc(Cl)ccc3I)ccc2O1. The molecule has 0 spiro atoms. The van der Waals surface area contributed by atoms with Crippen molar-refractivity contribution in [3.05, 3.63) is 61.7 Å². The molecule has 0 N–H and O–H groups in total. The van der Waals surface area contributed by atoms with Crippen molar-refractivity contribution in [3.63, 3.8) is 0 Å². The second-order valence-corrected chi connectivity index (χ2v) is 7.54. The van der Waals surface area contributed by atoms with Crippen molar-refractivity contribution in [2.24, 2.45) is 0 Å². The largest absolute Gasteiger partial charge is 0.490 e. The molecule has 0 saturated heterocycles. The van der Waals surface area contributed by atoms with Gasteiger partial charge in [0.05, 0.1) is 4.83 Å². The zero-order chi connectivity index (χ0) is 14.3. The van der Waals surface area contributed by atoms with E-state index in [9.17, 15) is 0 Å². The van der Waals surface area contributed by atoms with Crippen molar-refractivity contribution < 1.29 is 4.74 Å². The first-order chi connectivity index (χ1) is 9.54. The Hall–Kier alpha value is -0.260. The van der Waals surface area contributed by atoms with Gasteiger partial charge in [-0.15, -0.1) is 0 Å². The van der Waals surface area contributed by atoms with Crippen molar-refractivity contribution in [3.8, 4) is 5.75 Å². The number of alkyl halides is 1. The first-order valence-electron chi connectivity index (χ1n) is 6.43. The molecule has 2 unspecified atom stereocenters. The number of fused-ring (bicyclic) bond motifs is 1. The summed E-state index contributed by atoms with van der Waals surface area (Å²) in [5.74, 6) is 1.02. The van der Waals surface area contributed by atoms with E-state index in [1.807, 2.05) is 18.2 Å². The summed E-state index contributed by atoms with van der Waals surface area (Å²) in [6.45, 7) is 2.10. The number of ether oxygens (including phenoxy) is 1. The van der Waals surface area contributed by atoms with Gasteiger partial charge < -0.3 is 4.74 Å². The number of halogens is 3. The summed E-state index contributed by atoms with van der Waals surface area (Å²) in [5.41, 5.74) is 3.73. The van der Waals surface area contributed by atoms with Crippen LogP contribution in [0.3, 0.4) is 0 Å². The summed E-state index contributed by atoms with van der Waals surface area (Å²) in [6, 6.07) is 12.4. The molecule has 1 aliphatic heterocycles. The lowest BCUT2D eigenvalue weighted by Gasteiger charge is -2.14. The highest BCUT2D eigenvalue weighted by Gasteiger charge is 2.21. The third kappa shape index (κ3) is 2.85. The molecule has 0 amide bonds. The standard InChI is InChI=1S/C16H13BrClIO/c1-9-6-11-7-10(2-5-15(11)20-9)16(17)13-8-12(18)3-4-14(13)19/h2-5,7-9,16H,6H2,1H3. The molecule has 20 heavy (non-hydrogen) atoms. The third-order valence-corrected chi connectivity index (χ3v) is 5.68. The predicted molar refractivity (Wildman–Crippen MR) is 95.2 cm³/mol. The summed E-state index contributed by atoms with van der Waals surface area (Å²) in [7, 11) is 0. The molecule has 0 aliphatic carbocycles. The van der Waals surface area contributed by atoms with E-state index in [-0.39, 0.29) is 10.9 Å². The fourth-order valence-corrected chi connectivity index (χ4v) is 4.41. The van der Waals surface area contributed by atoms with E-state index in [1.165, 1.54) is 20.3 Å². The molecule has 0 saturated carbocycles. The van der Waals surface area contributed by atoms with Gasteiger partial charge in [0.2, 0.25) is 0 Å². The highest BCUT2D eigenvalue weighted by molar-refractivity contribution is 14.1. The first kappa shape index (κ1) is 14.7. The van der Waals surface area contributed by atoms with E-state index in [2.05, 4.69) is 63.6 Å². The third-order valence-electron chi connectivity index (χ3n) is 3.44. The average molecular weight is 464 g/mol. The van der Waals surface area contributed by atoms with E-state index in [0.29, 0.717) is 0 Å². The minimum atomic E-state index is 0.148. The fourth-order valence-electron chi connectivity index (χ4n) is 2.49. The highest BCUT2D eigenvalue weighted by atomic mass is 127. The van der Waals surface area contributed by atoms with Crippen molar-refractivity contribution >= 4 is 50.1 Å². The summed E-state index contributed by atoms with van der Waals surface area (Å²) < 4.78 is 6.96. The Kier molecular flexibility index (Phi) is 4.29. The van der Waals surface area contributed by atoms with Gasteiger partial charge in [-0.05, 0) is 70.5 Å². The van der Waals surface area contributed by atoms with Gasteiger partial charge in [0.25, 0.3) is 0 Å². The zero-order valence-electron chi connectivity index (χ0n) is 10.9. The average Bonchev–Trinajstić information content (AvgIpc) is 2.79. The van der Waals surface area contributed by atoms with Crippen molar-refractivity contribution in [1.82, 2.24) is 0 Å². The van der Waals surface area contributed by atoms with E-state index >= 15 is 0 Å². The molecular formula is C16H13BrClIO. The topological polar surface area (TPSA) is 9.23 Å². The van der Waals surface area contributed by atoms with Crippen molar-refractivity contribution in [2.75, 3.05) is 0 Å². The second kappa shape index (κ2) is 5.85. The van der Waals surface area contributed by atoms with Crippen LogP contribution in [-0.2, 0) is 6.42 Å². The quantitative estimate of drug-likeness (QED) is 0.407. The van der Waals surface area contributed by atoms with E-state index in [4.69, 9.17) is 16.3 Å². The summed E-state index contributed by atoms with van der Waals surface area (Å²) in [5, 5.41) is 0.767. The Labute approximate surface area is 145 Å². The molecule has 1 heterocycles. The van der Waals surface area contributed by atoms with Gasteiger partial charge in [0.1, 0.15) is 11.9 Å². The smallest absolute Gasteiger partial charge is 0.123 e. The van der Waals surface area contributed by atoms with Crippen LogP contribution in [0.1, 0.15) is 28.4 Å². The van der Waals surface area contributed by atoms with Gasteiger partial charge in [0.15, 0.2) is 0 Å². The molecule has 2 aromatic carbocycles. The Morgan fingerprint density at radius 3 is 2.90 bits per heavy atom. The Balaban J connectivity index is 1.97. The van der Waals surface area contributed by atoms with Crippen LogP contribution in [0.15, 0.2) is 36.4 Å². The van der Waals surface area contributed by atoms with E-state index < -0.39 is 0 Å². The highest BCUT2D eigenvalue weighted by Crippen LogP contribution is 2.38. The van der Waals surface area contributed by atoms with Crippen LogP contribution in [0.2, 0.25) is 5.02 Å². The van der Waals surface area contributed by atoms with Gasteiger partial charge in [-0.3, -0.25) is 0 Å². The molecule has 1 nitrogen and oxygen atoms in total. The summed E-state index contributed by atoms with van der Waals surface area (Å²) in [4.78, 5) is 0.148. The minimum absolute atomic E-state index is 0.148. The molecule has 2 aromatic rings.